The van der Waals surface area contributed by atoms with Gasteiger partial charge in [-0.05, 0) is 49.9 Å². The minimum atomic E-state index is 0.0214. The molecule has 1 aromatic heterocycles. The molecule has 144 valence electrons. The Balaban J connectivity index is 1.55. The molecule has 1 amide bonds. The highest BCUT2D eigenvalue weighted by Crippen LogP contribution is 2.35. The average Bonchev–Trinajstić information content (AvgIpc) is 3.17. The molecule has 3 heterocycles. The predicted octanol–water partition coefficient (Wildman–Crippen LogP) is 3.09. The number of hydrogen-bond acceptors (Lipinski definition) is 5. The van der Waals surface area contributed by atoms with Gasteiger partial charge in [-0.3, -0.25) is 4.79 Å². The Morgan fingerprint density at radius 1 is 1.29 bits per heavy atom. The molecule has 0 saturated carbocycles. The lowest BCUT2D eigenvalue weighted by atomic mass is 9.91. The maximum atomic E-state index is 13.2. The van der Waals surface area contributed by atoms with Crippen LogP contribution in [0.3, 0.4) is 0 Å². The largest absolute Gasteiger partial charge is 0.493 e. The molecule has 0 aliphatic carbocycles. The maximum absolute atomic E-state index is 13.2. The van der Waals surface area contributed by atoms with E-state index in [9.17, 15) is 10.1 Å². The number of rotatable bonds is 4. The third kappa shape index (κ3) is 3.40. The van der Waals surface area contributed by atoms with Gasteiger partial charge in [0, 0.05) is 25.8 Å². The van der Waals surface area contributed by atoms with E-state index >= 15 is 0 Å². The Kier molecular flexibility index (Phi) is 5.16. The molecule has 6 heteroatoms. The van der Waals surface area contributed by atoms with Gasteiger partial charge in [0.2, 0.25) is 0 Å². The first-order chi connectivity index (χ1) is 13.7. The van der Waals surface area contributed by atoms with Crippen molar-refractivity contribution in [2.24, 2.45) is 5.92 Å². The Labute approximate surface area is 165 Å². The third-order valence-electron chi connectivity index (χ3n) is 5.74. The predicted molar refractivity (Wildman–Crippen MR) is 106 cm³/mol. The SMILES string of the molecule is CCOc1ccccc1C(=O)N1CC[C@H]2CCN(c3cc(C#N)ccn3)[C@H]2C1. The fourth-order valence-electron chi connectivity index (χ4n) is 4.35. The number of carbonyl (C=O) groups is 1. The molecule has 2 saturated heterocycles. The zero-order valence-corrected chi connectivity index (χ0v) is 16.0. The number of benzene rings is 1. The number of piperidine rings is 1. The minimum Gasteiger partial charge on any atom is -0.493 e. The van der Waals surface area contributed by atoms with Gasteiger partial charge in [0.1, 0.15) is 11.6 Å². The van der Waals surface area contributed by atoms with E-state index in [0.717, 1.165) is 31.7 Å². The number of nitrogens with zero attached hydrogens (tertiary/aromatic N) is 4. The summed E-state index contributed by atoms with van der Waals surface area (Å²) in [6.07, 6.45) is 3.77. The number of fused-ring (bicyclic) bond motifs is 1. The van der Waals surface area contributed by atoms with Crippen molar-refractivity contribution in [3.05, 3.63) is 53.7 Å². The van der Waals surface area contributed by atoms with E-state index in [1.165, 1.54) is 0 Å². The zero-order valence-electron chi connectivity index (χ0n) is 16.0. The summed E-state index contributed by atoms with van der Waals surface area (Å²) >= 11 is 0. The second-order valence-electron chi connectivity index (χ2n) is 7.29. The van der Waals surface area contributed by atoms with E-state index in [1.54, 1.807) is 12.3 Å². The molecule has 0 bridgehead atoms. The van der Waals surface area contributed by atoms with Crippen LogP contribution in [0.4, 0.5) is 5.82 Å². The molecule has 0 spiro atoms. The van der Waals surface area contributed by atoms with Gasteiger partial charge in [-0.15, -0.1) is 0 Å². The summed E-state index contributed by atoms with van der Waals surface area (Å²) in [4.78, 5) is 21.9. The maximum Gasteiger partial charge on any atom is 0.257 e. The van der Waals surface area contributed by atoms with Crippen molar-refractivity contribution in [3.8, 4) is 11.8 Å². The van der Waals surface area contributed by atoms with E-state index in [-0.39, 0.29) is 11.9 Å². The Morgan fingerprint density at radius 2 is 2.11 bits per heavy atom. The quantitative estimate of drug-likeness (QED) is 0.820. The van der Waals surface area contributed by atoms with Crippen LogP contribution in [0.1, 0.15) is 35.7 Å². The molecule has 6 nitrogen and oxygen atoms in total. The molecular weight excluding hydrogens is 352 g/mol. The van der Waals surface area contributed by atoms with Crippen molar-refractivity contribution >= 4 is 11.7 Å². The van der Waals surface area contributed by atoms with Gasteiger partial charge in [-0.25, -0.2) is 4.98 Å². The molecular formula is C22H24N4O2. The summed E-state index contributed by atoms with van der Waals surface area (Å²) in [5.41, 5.74) is 1.24. The first-order valence-electron chi connectivity index (χ1n) is 9.85. The molecule has 28 heavy (non-hydrogen) atoms. The Morgan fingerprint density at radius 3 is 2.93 bits per heavy atom. The number of likely N-dealkylation sites (tertiary alicyclic amines) is 1. The monoisotopic (exact) mass is 376 g/mol. The summed E-state index contributed by atoms with van der Waals surface area (Å²) in [5.74, 6) is 2.05. The van der Waals surface area contributed by atoms with Crippen LogP contribution in [0.2, 0.25) is 0 Å². The van der Waals surface area contributed by atoms with Gasteiger partial charge in [0.25, 0.3) is 5.91 Å². The number of amides is 1. The van der Waals surface area contributed by atoms with Gasteiger partial charge in [-0.2, -0.15) is 5.26 Å². The fraction of sp³-hybridized carbons (Fsp3) is 0.409. The lowest BCUT2D eigenvalue weighted by Crippen LogP contribution is -2.50. The van der Waals surface area contributed by atoms with E-state index in [4.69, 9.17) is 4.74 Å². The smallest absolute Gasteiger partial charge is 0.257 e. The molecule has 0 N–H and O–H groups in total. The lowest BCUT2D eigenvalue weighted by Gasteiger charge is -2.39. The number of aromatic nitrogens is 1. The molecule has 2 aromatic rings. The van der Waals surface area contributed by atoms with Crippen LogP contribution in [-0.2, 0) is 0 Å². The van der Waals surface area contributed by atoms with Gasteiger partial charge < -0.3 is 14.5 Å². The second kappa shape index (κ2) is 7.89. The standard InChI is InChI=1S/C22H24N4O2/c1-2-28-20-6-4-3-5-18(20)22(27)25-11-8-17-9-12-26(19(17)15-25)21-13-16(14-23)7-10-24-21/h3-7,10,13,17,19H,2,8-9,11-12,15H2,1H3/t17-,19-/m0/s1. The van der Waals surface area contributed by atoms with Crippen molar-refractivity contribution in [2.45, 2.75) is 25.8 Å². The van der Waals surface area contributed by atoms with Crippen LogP contribution in [0.15, 0.2) is 42.6 Å². The highest BCUT2D eigenvalue weighted by molar-refractivity contribution is 5.97. The van der Waals surface area contributed by atoms with Crippen molar-refractivity contribution in [1.29, 1.82) is 5.26 Å². The third-order valence-corrected chi connectivity index (χ3v) is 5.74. The van der Waals surface area contributed by atoms with E-state index in [0.29, 0.717) is 35.9 Å². The minimum absolute atomic E-state index is 0.0214. The van der Waals surface area contributed by atoms with Gasteiger partial charge in [0.15, 0.2) is 0 Å². The Bertz CT molecular complexity index is 907. The van der Waals surface area contributed by atoms with Crippen molar-refractivity contribution in [3.63, 3.8) is 0 Å². The molecule has 2 aliphatic rings. The van der Waals surface area contributed by atoms with Crippen LogP contribution >= 0.6 is 0 Å². The molecule has 2 atom stereocenters. The van der Waals surface area contributed by atoms with Gasteiger partial charge in [-0.1, -0.05) is 12.1 Å². The highest BCUT2D eigenvalue weighted by atomic mass is 16.5. The Hall–Kier alpha value is -3.07. The first kappa shape index (κ1) is 18.3. The summed E-state index contributed by atoms with van der Waals surface area (Å²) in [7, 11) is 0. The molecule has 2 aliphatic heterocycles. The van der Waals surface area contributed by atoms with Gasteiger partial charge in [0.05, 0.1) is 29.8 Å². The van der Waals surface area contributed by atoms with Crippen molar-refractivity contribution < 1.29 is 9.53 Å². The number of nitriles is 1. The van der Waals surface area contributed by atoms with Crippen LogP contribution in [0.25, 0.3) is 0 Å². The average molecular weight is 376 g/mol. The summed E-state index contributed by atoms with van der Waals surface area (Å²) in [5, 5.41) is 9.19. The molecule has 0 unspecified atom stereocenters. The number of anilines is 1. The second-order valence-corrected chi connectivity index (χ2v) is 7.29. The fourth-order valence-corrected chi connectivity index (χ4v) is 4.35. The number of ether oxygens (including phenoxy) is 1. The number of pyridine rings is 1. The van der Waals surface area contributed by atoms with Crippen LogP contribution in [-0.4, -0.2) is 48.1 Å². The van der Waals surface area contributed by atoms with Crippen LogP contribution in [0, 0.1) is 17.2 Å². The van der Waals surface area contributed by atoms with Crippen molar-refractivity contribution in [2.75, 3.05) is 31.1 Å². The molecule has 2 fully saturated rings. The number of hydrogen-bond donors (Lipinski definition) is 0. The summed E-state index contributed by atoms with van der Waals surface area (Å²) < 4.78 is 5.65. The number of carbonyl (C=O) groups excluding carboxylic acids is 1. The summed E-state index contributed by atoms with van der Waals surface area (Å²) in [6, 6.07) is 13.4. The zero-order chi connectivity index (χ0) is 19.5. The lowest BCUT2D eigenvalue weighted by molar-refractivity contribution is 0.0674. The van der Waals surface area contributed by atoms with Gasteiger partial charge >= 0.3 is 0 Å². The van der Waals surface area contributed by atoms with Crippen LogP contribution in [0.5, 0.6) is 5.75 Å². The van der Waals surface area contributed by atoms with E-state index < -0.39 is 0 Å². The van der Waals surface area contributed by atoms with E-state index in [2.05, 4.69) is 16.0 Å². The molecule has 4 rings (SSSR count). The summed E-state index contributed by atoms with van der Waals surface area (Å²) in [6.45, 7) is 4.80. The first-order valence-corrected chi connectivity index (χ1v) is 9.85. The van der Waals surface area contributed by atoms with Crippen LogP contribution < -0.4 is 9.64 Å². The topological polar surface area (TPSA) is 69.5 Å². The van der Waals surface area contributed by atoms with E-state index in [1.807, 2.05) is 42.2 Å². The number of para-hydroxylation sites is 1. The molecule has 0 radical (unpaired) electrons. The highest BCUT2D eigenvalue weighted by Gasteiger charge is 2.40. The normalized spacial score (nSPS) is 21.1. The van der Waals surface area contributed by atoms with Crippen molar-refractivity contribution in [1.82, 2.24) is 9.88 Å². The molecule has 1 aromatic carbocycles.